The van der Waals surface area contributed by atoms with Gasteiger partial charge in [-0.3, -0.25) is 0 Å². The fourth-order valence-corrected chi connectivity index (χ4v) is 2.61. The lowest BCUT2D eigenvalue weighted by atomic mass is 10.1. The third kappa shape index (κ3) is 3.53. The van der Waals surface area contributed by atoms with Gasteiger partial charge in [0.1, 0.15) is 17.6 Å². The van der Waals surface area contributed by atoms with E-state index in [1.54, 1.807) is 19.2 Å². The molecule has 21 heavy (non-hydrogen) atoms. The van der Waals surface area contributed by atoms with Gasteiger partial charge in [-0.2, -0.15) is 5.26 Å². The van der Waals surface area contributed by atoms with Crippen LogP contribution in [0.5, 0.6) is 5.75 Å². The number of nitrogens with one attached hydrogen (secondary N) is 1. The molecule has 0 radical (unpaired) electrons. The van der Waals surface area contributed by atoms with Crippen molar-refractivity contribution in [3.63, 3.8) is 0 Å². The first-order valence-electron chi connectivity index (χ1n) is 6.31. The van der Waals surface area contributed by atoms with Crippen molar-refractivity contribution in [1.29, 1.82) is 5.26 Å². The highest BCUT2D eigenvalue weighted by Crippen LogP contribution is 2.32. The number of methoxy groups -OCH3 is 1. The van der Waals surface area contributed by atoms with Crippen LogP contribution >= 0.6 is 15.9 Å². The van der Waals surface area contributed by atoms with Crippen LogP contribution in [0.1, 0.15) is 16.7 Å². The normalized spacial score (nSPS) is 10.0. The summed E-state index contributed by atoms with van der Waals surface area (Å²) in [6, 6.07) is 10.2. The Bertz CT molecular complexity index is 710. The molecule has 0 fully saturated rings. The molecule has 2 aromatic rings. The number of hydrogen-bond acceptors (Lipinski definition) is 3. The molecule has 1 N–H and O–H groups in total. The number of benzene rings is 2. The van der Waals surface area contributed by atoms with E-state index >= 15 is 0 Å². The van der Waals surface area contributed by atoms with Crippen molar-refractivity contribution in [3.05, 3.63) is 57.3 Å². The van der Waals surface area contributed by atoms with Crippen molar-refractivity contribution in [3.8, 4) is 11.8 Å². The Labute approximate surface area is 131 Å². The summed E-state index contributed by atoms with van der Waals surface area (Å²) < 4.78 is 19.6. The molecule has 3 nitrogen and oxygen atoms in total. The average Bonchev–Trinajstić information content (AvgIpc) is 2.47. The molecule has 2 rings (SSSR count). The van der Waals surface area contributed by atoms with Crippen molar-refractivity contribution in [2.24, 2.45) is 0 Å². The van der Waals surface area contributed by atoms with Gasteiger partial charge in [-0.25, -0.2) is 4.39 Å². The zero-order chi connectivity index (χ0) is 15.4. The SMILES string of the molecule is COc1cc(Br)cc(C)c1NCc1ccc(F)c(C#N)c1. The molecular formula is C16H14BrFN2O. The molecule has 2 aromatic carbocycles. The van der Waals surface area contributed by atoms with Crippen LogP contribution in [-0.4, -0.2) is 7.11 Å². The first-order valence-corrected chi connectivity index (χ1v) is 7.11. The van der Waals surface area contributed by atoms with Crippen LogP contribution in [0.15, 0.2) is 34.8 Å². The third-order valence-electron chi connectivity index (χ3n) is 3.10. The van der Waals surface area contributed by atoms with Crippen molar-refractivity contribution in [2.45, 2.75) is 13.5 Å². The Balaban J connectivity index is 2.23. The van der Waals surface area contributed by atoms with Crippen molar-refractivity contribution < 1.29 is 9.13 Å². The monoisotopic (exact) mass is 348 g/mol. The molecule has 0 spiro atoms. The first kappa shape index (κ1) is 15.3. The minimum atomic E-state index is -0.501. The van der Waals surface area contributed by atoms with Crippen LogP contribution in [0, 0.1) is 24.1 Å². The predicted molar refractivity (Wildman–Crippen MR) is 83.9 cm³/mol. The van der Waals surface area contributed by atoms with Crippen LogP contribution in [0.25, 0.3) is 0 Å². The maximum absolute atomic E-state index is 13.3. The highest BCUT2D eigenvalue weighted by Gasteiger charge is 2.09. The van der Waals surface area contributed by atoms with Crippen LogP contribution in [0.4, 0.5) is 10.1 Å². The van der Waals surface area contributed by atoms with Crippen molar-refractivity contribution in [2.75, 3.05) is 12.4 Å². The quantitative estimate of drug-likeness (QED) is 0.891. The van der Waals surface area contributed by atoms with Gasteiger partial charge in [0.15, 0.2) is 0 Å². The summed E-state index contributed by atoms with van der Waals surface area (Å²) in [6.45, 7) is 2.45. The lowest BCUT2D eigenvalue weighted by molar-refractivity contribution is 0.416. The van der Waals surface area contributed by atoms with E-state index in [4.69, 9.17) is 10.00 Å². The van der Waals surface area contributed by atoms with Gasteiger partial charge in [-0.15, -0.1) is 0 Å². The zero-order valence-corrected chi connectivity index (χ0v) is 13.3. The maximum Gasteiger partial charge on any atom is 0.143 e. The van der Waals surface area contributed by atoms with Gasteiger partial charge < -0.3 is 10.1 Å². The molecule has 0 amide bonds. The Morgan fingerprint density at radius 3 is 2.76 bits per heavy atom. The van der Waals surface area contributed by atoms with E-state index in [-0.39, 0.29) is 5.56 Å². The number of anilines is 1. The first-order chi connectivity index (χ1) is 10.0. The average molecular weight is 349 g/mol. The second-order valence-corrected chi connectivity index (χ2v) is 5.50. The van der Waals surface area contributed by atoms with Gasteiger partial charge in [-0.05, 0) is 42.3 Å². The van der Waals surface area contributed by atoms with Crippen molar-refractivity contribution in [1.82, 2.24) is 0 Å². The van der Waals surface area contributed by atoms with Gasteiger partial charge in [0.25, 0.3) is 0 Å². The summed E-state index contributed by atoms with van der Waals surface area (Å²) in [7, 11) is 1.61. The van der Waals surface area contributed by atoms with E-state index in [0.717, 1.165) is 27.0 Å². The summed E-state index contributed by atoms with van der Waals surface area (Å²) in [5.41, 5.74) is 2.79. The fourth-order valence-electron chi connectivity index (χ4n) is 2.06. The standard InChI is InChI=1S/C16H14BrFN2O/c1-10-5-13(17)7-15(21-2)16(10)20-9-11-3-4-14(18)12(6-11)8-19/h3-7,20H,9H2,1-2H3. The summed E-state index contributed by atoms with van der Waals surface area (Å²) >= 11 is 3.43. The fraction of sp³-hybridized carbons (Fsp3) is 0.188. The molecule has 108 valence electrons. The maximum atomic E-state index is 13.3. The van der Waals surface area contributed by atoms with Gasteiger partial charge >= 0.3 is 0 Å². The van der Waals surface area contributed by atoms with E-state index in [9.17, 15) is 4.39 Å². The molecular weight excluding hydrogens is 335 g/mol. The Hall–Kier alpha value is -2.06. The summed E-state index contributed by atoms with van der Waals surface area (Å²) in [5.74, 6) is 0.225. The number of halogens is 2. The Morgan fingerprint density at radius 1 is 1.33 bits per heavy atom. The van der Waals surface area contributed by atoms with Gasteiger partial charge in [0.2, 0.25) is 0 Å². The molecule has 0 heterocycles. The minimum absolute atomic E-state index is 0.0498. The molecule has 0 saturated heterocycles. The predicted octanol–water partition coefficient (Wildman–Crippen LogP) is 4.39. The van der Waals surface area contributed by atoms with Crippen molar-refractivity contribution >= 4 is 21.6 Å². The lowest BCUT2D eigenvalue weighted by Gasteiger charge is -2.15. The molecule has 0 aliphatic rings. The number of rotatable bonds is 4. The second kappa shape index (κ2) is 6.59. The lowest BCUT2D eigenvalue weighted by Crippen LogP contribution is -2.04. The highest BCUT2D eigenvalue weighted by atomic mass is 79.9. The Morgan fingerprint density at radius 2 is 2.10 bits per heavy atom. The number of nitriles is 1. The molecule has 0 aromatic heterocycles. The van der Waals surface area contributed by atoms with Crippen LogP contribution in [-0.2, 0) is 6.54 Å². The van der Waals surface area contributed by atoms with E-state index in [1.807, 2.05) is 25.1 Å². The smallest absolute Gasteiger partial charge is 0.143 e. The number of ether oxygens (including phenoxy) is 1. The number of nitrogens with zero attached hydrogens (tertiary/aromatic N) is 1. The van der Waals surface area contributed by atoms with Gasteiger partial charge in [0, 0.05) is 11.0 Å². The topological polar surface area (TPSA) is 45.0 Å². The Kier molecular flexibility index (Phi) is 4.81. The molecule has 5 heteroatoms. The zero-order valence-electron chi connectivity index (χ0n) is 11.7. The molecule has 0 atom stereocenters. The summed E-state index contributed by atoms with van der Waals surface area (Å²) in [6.07, 6.45) is 0. The van der Waals surface area contributed by atoms with E-state index in [2.05, 4.69) is 21.2 Å². The second-order valence-electron chi connectivity index (χ2n) is 4.58. The van der Waals surface area contributed by atoms with E-state index in [1.165, 1.54) is 6.07 Å². The van der Waals surface area contributed by atoms with Crippen LogP contribution < -0.4 is 10.1 Å². The van der Waals surface area contributed by atoms with Gasteiger partial charge in [-0.1, -0.05) is 22.0 Å². The molecule has 0 saturated carbocycles. The van der Waals surface area contributed by atoms with E-state index in [0.29, 0.717) is 6.54 Å². The van der Waals surface area contributed by atoms with Crippen LogP contribution in [0.2, 0.25) is 0 Å². The van der Waals surface area contributed by atoms with E-state index < -0.39 is 5.82 Å². The van der Waals surface area contributed by atoms with Crippen LogP contribution in [0.3, 0.4) is 0 Å². The minimum Gasteiger partial charge on any atom is -0.495 e. The third-order valence-corrected chi connectivity index (χ3v) is 3.56. The number of hydrogen-bond donors (Lipinski definition) is 1. The highest BCUT2D eigenvalue weighted by molar-refractivity contribution is 9.10. The molecule has 0 unspecified atom stereocenters. The van der Waals surface area contributed by atoms with Gasteiger partial charge in [0.05, 0.1) is 18.4 Å². The molecule has 0 bridgehead atoms. The largest absolute Gasteiger partial charge is 0.495 e. The number of aryl methyl sites for hydroxylation is 1. The molecule has 0 aliphatic carbocycles. The summed E-state index contributed by atoms with van der Waals surface area (Å²) in [4.78, 5) is 0. The summed E-state index contributed by atoms with van der Waals surface area (Å²) in [5, 5.41) is 12.1. The molecule has 0 aliphatic heterocycles.